The Kier molecular flexibility index (Phi) is 4.40. The highest BCUT2D eigenvalue weighted by molar-refractivity contribution is 6.19. The highest BCUT2D eigenvalue weighted by Gasteiger charge is 2.02. The largest absolute Gasteiger partial charge is 0.253 e. The van der Waals surface area contributed by atoms with Crippen LogP contribution in [-0.2, 0) is 6.54 Å². The van der Waals surface area contributed by atoms with Crippen LogP contribution in [0.25, 0.3) is 5.57 Å². The number of aryl methyl sites for hydroxylation is 1. The van der Waals surface area contributed by atoms with Gasteiger partial charge in [0.05, 0.1) is 0 Å². The Morgan fingerprint density at radius 2 is 2.43 bits per heavy atom. The van der Waals surface area contributed by atoms with Gasteiger partial charge in [-0.25, -0.2) is 4.98 Å². The van der Waals surface area contributed by atoms with Crippen molar-refractivity contribution in [1.82, 2.24) is 14.8 Å². The molecule has 0 atom stereocenters. The lowest BCUT2D eigenvalue weighted by atomic mass is 10.2. The lowest BCUT2D eigenvalue weighted by Crippen LogP contribution is -1.95. The number of aromatic nitrogens is 3. The highest BCUT2D eigenvalue weighted by Crippen LogP contribution is 2.10. The minimum absolute atomic E-state index is 0.473. The molecule has 0 bridgehead atoms. The van der Waals surface area contributed by atoms with Crippen molar-refractivity contribution in [2.45, 2.75) is 20.4 Å². The normalized spacial score (nSPS) is 12.6. The summed E-state index contributed by atoms with van der Waals surface area (Å²) < 4.78 is 1.79. The van der Waals surface area contributed by atoms with Crippen molar-refractivity contribution < 1.29 is 0 Å². The number of hydrogen-bond acceptors (Lipinski definition) is 2. The van der Waals surface area contributed by atoms with Gasteiger partial charge in [0, 0.05) is 18.0 Å². The second kappa shape index (κ2) is 5.60. The van der Waals surface area contributed by atoms with Gasteiger partial charge in [0.15, 0.2) is 5.82 Å². The summed E-state index contributed by atoms with van der Waals surface area (Å²) >= 11 is 5.65. The lowest BCUT2D eigenvalue weighted by Gasteiger charge is -1.94. The predicted molar refractivity (Wildman–Crippen MR) is 59.2 cm³/mol. The van der Waals surface area contributed by atoms with Gasteiger partial charge in [-0.1, -0.05) is 18.2 Å². The first-order valence-electron chi connectivity index (χ1n) is 4.60. The predicted octanol–water partition coefficient (Wildman–Crippen LogP) is 2.50. The van der Waals surface area contributed by atoms with Crippen LogP contribution >= 0.6 is 11.6 Å². The highest BCUT2D eigenvalue weighted by atomic mass is 35.5. The second-order valence-electron chi connectivity index (χ2n) is 2.74. The molecule has 76 valence electrons. The minimum Gasteiger partial charge on any atom is -0.253 e. The molecule has 14 heavy (non-hydrogen) atoms. The number of halogens is 1. The van der Waals surface area contributed by atoms with E-state index in [0.717, 1.165) is 17.9 Å². The molecule has 0 aliphatic carbocycles. The third kappa shape index (κ3) is 2.70. The topological polar surface area (TPSA) is 30.7 Å². The van der Waals surface area contributed by atoms with E-state index >= 15 is 0 Å². The molecule has 1 aromatic heterocycles. The Hall–Kier alpha value is -1.09. The quantitative estimate of drug-likeness (QED) is 0.566. The van der Waals surface area contributed by atoms with Crippen LogP contribution < -0.4 is 0 Å². The van der Waals surface area contributed by atoms with Crippen LogP contribution in [0, 0.1) is 0 Å². The van der Waals surface area contributed by atoms with Crippen LogP contribution in [0.4, 0.5) is 0 Å². The summed E-state index contributed by atoms with van der Waals surface area (Å²) in [6.07, 6.45) is 7.53. The van der Waals surface area contributed by atoms with Gasteiger partial charge in [-0.05, 0) is 13.8 Å². The molecule has 0 saturated carbocycles. The number of allylic oxidation sites excluding steroid dienone is 4. The van der Waals surface area contributed by atoms with E-state index in [1.165, 1.54) is 0 Å². The van der Waals surface area contributed by atoms with E-state index in [0.29, 0.717) is 5.88 Å². The molecule has 1 heterocycles. The Labute approximate surface area is 89.1 Å². The molecule has 0 aliphatic heterocycles. The first-order chi connectivity index (χ1) is 6.81. The lowest BCUT2D eigenvalue weighted by molar-refractivity contribution is 0.656. The first-order valence-corrected chi connectivity index (χ1v) is 5.14. The smallest absolute Gasteiger partial charge is 0.180 e. The Morgan fingerprint density at radius 3 is 2.93 bits per heavy atom. The molecule has 0 radical (unpaired) electrons. The Morgan fingerprint density at radius 1 is 1.64 bits per heavy atom. The van der Waals surface area contributed by atoms with Crippen LogP contribution in [0.2, 0.25) is 0 Å². The standard InChI is InChI=1S/C10H14ClN3/c1-3-5-9(6-7-11)10-12-8-14(4-2)13-10/h3,5-6,8H,4,7H2,1-2H3/b5-3-,9-6+. The monoisotopic (exact) mass is 211 g/mol. The summed E-state index contributed by atoms with van der Waals surface area (Å²) in [5.41, 5.74) is 0.967. The van der Waals surface area contributed by atoms with Crippen LogP contribution in [-0.4, -0.2) is 20.6 Å². The van der Waals surface area contributed by atoms with Gasteiger partial charge >= 0.3 is 0 Å². The van der Waals surface area contributed by atoms with Crippen molar-refractivity contribution in [3.05, 3.63) is 30.4 Å². The number of alkyl halides is 1. The fourth-order valence-corrected chi connectivity index (χ4v) is 1.24. The van der Waals surface area contributed by atoms with Crippen molar-refractivity contribution in [2.24, 2.45) is 0 Å². The fraction of sp³-hybridized carbons (Fsp3) is 0.400. The summed E-state index contributed by atoms with van der Waals surface area (Å²) in [5.74, 6) is 1.20. The van der Waals surface area contributed by atoms with Crippen LogP contribution in [0.1, 0.15) is 19.7 Å². The number of rotatable bonds is 4. The van der Waals surface area contributed by atoms with Crippen molar-refractivity contribution in [3.63, 3.8) is 0 Å². The van der Waals surface area contributed by atoms with Gasteiger partial charge in [-0.3, -0.25) is 4.68 Å². The molecular formula is C10H14ClN3. The van der Waals surface area contributed by atoms with E-state index in [-0.39, 0.29) is 0 Å². The third-order valence-corrected chi connectivity index (χ3v) is 1.92. The Balaban J connectivity index is 2.93. The average molecular weight is 212 g/mol. The zero-order valence-electron chi connectivity index (χ0n) is 8.44. The summed E-state index contributed by atoms with van der Waals surface area (Å²) in [6, 6.07) is 0. The molecule has 1 aromatic rings. The molecule has 0 unspecified atom stereocenters. The van der Waals surface area contributed by atoms with Crippen LogP contribution in [0.5, 0.6) is 0 Å². The molecule has 0 aromatic carbocycles. The van der Waals surface area contributed by atoms with Crippen LogP contribution in [0.15, 0.2) is 24.6 Å². The minimum atomic E-state index is 0.473. The van der Waals surface area contributed by atoms with Gasteiger partial charge in [-0.15, -0.1) is 11.6 Å². The Bertz CT molecular complexity index is 339. The maximum atomic E-state index is 5.65. The van der Waals surface area contributed by atoms with Gasteiger partial charge < -0.3 is 0 Å². The molecular weight excluding hydrogens is 198 g/mol. The van der Waals surface area contributed by atoms with Gasteiger partial charge in [0.1, 0.15) is 6.33 Å². The van der Waals surface area contributed by atoms with Gasteiger partial charge in [0.2, 0.25) is 0 Å². The van der Waals surface area contributed by atoms with E-state index in [1.54, 1.807) is 11.0 Å². The molecule has 1 rings (SSSR count). The molecule has 0 saturated heterocycles. The molecule has 0 fully saturated rings. The van der Waals surface area contributed by atoms with E-state index in [4.69, 9.17) is 11.6 Å². The fourth-order valence-electron chi connectivity index (χ4n) is 1.08. The zero-order valence-corrected chi connectivity index (χ0v) is 9.20. The maximum absolute atomic E-state index is 5.65. The SMILES string of the molecule is C/C=C\C(=C/CCl)c1ncn(CC)n1. The van der Waals surface area contributed by atoms with Crippen molar-refractivity contribution in [1.29, 1.82) is 0 Å². The number of hydrogen-bond donors (Lipinski definition) is 0. The van der Waals surface area contributed by atoms with E-state index in [9.17, 15) is 0 Å². The van der Waals surface area contributed by atoms with E-state index < -0.39 is 0 Å². The summed E-state index contributed by atoms with van der Waals surface area (Å²) in [5, 5.41) is 4.29. The molecule has 0 amide bonds. The first kappa shape index (κ1) is 11.0. The van der Waals surface area contributed by atoms with Crippen molar-refractivity contribution >= 4 is 17.2 Å². The zero-order chi connectivity index (χ0) is 10.4. The van der Waals surface area contributed by atoms with Gasteiger partial charge in [-0.2, -0.15) is 5.10 Å². The van der Waals surface area contributed by atoms with Crippen LogP contribution in [0.3, 0.4) is 0 Å². The van der Waals surface area contributed by atoms with Crippen molar-refractivity contribution in [3.8, 4) is 0 Å². The molecule has 0 aliphatic rings. The second-order valence-corrected chi connectivity index (χ2v) is 3.05. The maximum Gasteiger partial charge on any atom is 0.180 e. The summed E-state index contributed by atoms with van der Waals surface area (Å²) in [4.78, 5) is 4.20. The summed E-state index contributed by atoms with van der Waals surface area (Å²) in [7, 11) is 0. The molecule has 0 N–H and O–H groups in total. The molecule has 4 heteroatoms. The van der Waals surface area contributed by atoms with E-state index in [1.807, 2.05) is 32.1 Å². The molecule has 3 nitrogen and oxygen atoms in total. The molecule has 0 spiro atoms. The third-order valence-electron chi connectivity index (χ3n) is 1.76. The van der Waals surface area contributed by atoms with E-state index in [2.05, 4.69) is 10.1 Å². The van der Waals surface area contributed by atoms with Gasteiger partial charge in [0.25, 0.3) is 0 Å². The number of nitrogens with zero attached hydrogens (tertiary/aromatic N) is 3. The average Bonchev–Trinajstić information content (AvgIpc) is 2.65. The summed E-state index contributed by atoms with van der Waals surface area (Å²) in [6.45, 7) is 4.81. The van der Waals surface area contributed by atoms with Crippen molar-refractivity contribution in [2.75, 3.05) is 5.88 Å².